The quantitative estimate of drug-likeness (QED) is 0.480. The lowest BCUT2D eigenvalue weighted by Crippen LogP contribution is -2.23. The van der Waals surface area contributed by atoms with Crippen LogP contribution in [0.1, 0.15) is 24.2 Å². The van der Waals surface area contributed by atoms with Crippen LogP contribution in [0.4, 0.5) is 0 Å². The molecule has 1 N–H and O–H groups in total. The van der Waals surface area contributed by atoms with Gasteiger partial charge in [-0.25, -0.2) is 17.9 Å². The van der Waals surface area contributed by atoms with Crippen molar-refractivity contribution in [2.45, 2.75) is 31.3 Å². The Kier molecular flexibility index (Phi) is 4.99. The molecule has 0 aliphatic carbocycles. The highest BCUT2D eigenvalue weighted by Crippen LogP contribution is 2.19. The molecular formula is C18H17N5O5S. The molecule has 3 aromatic heterocycles. The molecule has 0 bridgehead atoms. The maximum atomic E-state index is 12.6. The van der Waals surface area contributed by atoms with Crippen LogP contribution in [0.5, 0.6) is 0 Å². The third-order valence-electron chi connectivity index (χ3n) is 4.25. The third kappa shape index (κ3) is 3.96. The predicted molar refractivity (Wildman–Crippen MR) is 102 cm³/mol. The Morgan fingerprint density at radius 1 is 1.24 bits per heavy atom. The zero-order valence-corrected chi connectivity index (χ0v) is 16.2. The van der Waals surface area contributed by atoms with Crippen molar-refractivity contribution in [3.63, 3.8) is 0 Å². The molecule has 1 aromatic carbocycles. The van der Waals surface area contributed by atoms with E-state index in [0.29, 0.717) is 23.7 Å². The molecule has 4 rings (SSSR count). The minimum atomic E-state index is -3.80. The van der Waals surface area contributed by atoms with Crippen molar-refractivity contribution in [2.24, 2.45) is 0 Å². The van der Waals surface area contributed by atoms with Crippen LogP contribution in [0.25, 0.3) is 11.1 Å². The van der Waals surface area contributed by atoms with E-state index in [0.717, 1.165) is 5.56 Å². The first kappa shape index (κ1) is 19.0. The summed E-state index contributed by atoms with van der Waals surface area (Å²) in [5.41, 5.74) is 1.31. The van der Waals surface area contributed by atoms with Crippen molar-refractivity contribution in [3.8, 4) is 0 Å². The molecular weight excluding hydrogens is 398 g/mol. The monoisotopic (exact) mass is 415 g/mol. The minimum absolute atomic E-state index is 0.0115. The average Bonchev–Trinajstić information content (AvgIpc) is 3.31. The average molecular weight is 415 g/mol. The lowest BCUT2D eigenvalue weighted by Gasteiger charge is -2.06. The zero-order valence-electron chi connectivity index (χ0n) is 15.4. The highest BCUT2D eigenvalue weighted by molar-refractivity contribution is 7.89. The summed E-state index contributed by atoms with van der Waals surface area (Å²) in [6, 6.07) is 7.72. The molecule has 0 aliphatic heterocycles. The van der Waals surface area contributed by atoms with Gasteiger partial charge in [-0.1, -0.05) is 18.1 Å². The first-order chi connectivity index (χ1) is 14.0. The number of benzene rings is 1. The van der Waals surface area contributed by atoms with E-state index in [1.807, 2.05) is 6.92 Å². The van der Waals surface area contributed by atoms with Crippen LogP contribution in [0, 0.1) is 0 Å². The summed E-state index contributed by atoms with van der Waals surface area (Å²) >= 11 is 0. The van der Waals surface area contributed by atoms with E-state index in [1.165, 1.54) is 22.8 Å². The first-order valence-corrected chi connectivity index (χ1v) is 10.3. The van der Waals surface area contributed by atoms with Crippen LogP contribution in [0.2, 0.25) is 0 Å². The number of nitrogens with one attached hydrogen (secondary N) is 1. The Bertz CT molecular complexity index is 1310. The standard InChI is InChI=1S/C18H17N5O5S/c1-2-17-21-16(22-28-17)11-23-14-6-5-13(8-15(14)27-18(23)24)29(25,26)20-10-12-4-3-7-19-9-12/h3-9,20H,2,10-11H2,1H3. The molecule has 3 heterocycles. The van der Waals surface area contributed by atoms with Crippen molar-refractivity contribution < 1.29 is 17.4 Å². The van der Waals surface area contributed by atoms with Gasteiger partial charge in [-0.05, 0) is 23.8 Å². The van der Waals surface area contributed by atoms with Crippen LogP contribution in [0.3, 0.4) is 0 Å². The molecule has 11 heteroatoms. The summed E-state index contributed by atoms with van der Waals surface area (Å²) in [5.74, 6) is 0.163. The SMILES string of the molecule is CCc1nc(Cn2c(=O)oc3cc(S(=O)(=O)NCc4cccnc4)ccc32)no1. The van der Waals surface area contributed by atoms with Crippen LogP contribution in [-0.4, -0.2) is 28.1 Å². The van der Waals surface area contributed by atoms with E-state index < -0.39 is 15.8 Å². The second-order valence-corrected chi connectivity index (χ2v) is 7.99. The summed E-state index contributed by atoms with van der Waals surface area (Å²) in [6.45, 7) is 2.03. The van der Waals surface area contributed by atoms with Gasteiger partial charge in [0.15, 0.2) is 11.4 Å². The van der Waals surface area contributed by atoms with Gasteiger partial charge in [0.25, 0.3) is 0 Å². The Morgan fingerprint density at radius 3 is 2.83 bits per heavy atom. The maximum Gasteiger partial charge on any atom is 0.420 e. The van der Waals surface area contributed by atoms with E-state index in [9.17, 15) is 13.2 Å². The van der Waals surface area contributed by atoms with Crippen molar-refractivity contribution >= 4 is 21.1 Å². The summed E-state index contributed by atoms with van der Waals surface area (Å²) in [4.78, 5) is 20.3. The molecule has 29 heavy (non-hydrogen) atoms. The van der Waals surface area contributed by atoms with Crippen molar-refractivity contribution in [1.29, 1.82) is 0 Å². The van der Waals surface area contributed by atoms with Gasteiger partial charge in [-0.2, -0.15) is 4.98 Å². The van der Waals surface area contributed by atoms with E-state index in [2.05, 4.69) is 19.8 Å². The van der Waals surface area contributed by atoms with Gasteiger partial charge in [-0.3, -0.25) is 9.55 Å². The fourth-order valence-electron chi connectivity index (χ4n) is 2.77. The predicted octanol–water partition coefficient (Wildman–Crippen LogP) is 1.46. The number of hydrogen-bond donors (Lipinski definition) is 1. The van der Waals surface area contributed by atoms with Crippen molar-refractivity contribution in [1.82, 2.24) is 24.4 Å². The molecule has 0 aliphatic rings. The smallest absolute Gasteiger partial charge is 0.408 e. The third-order valence-corrected chi connectivity index (χ3v) is 5.65. The van der Waals surface area contributed by atoms with Crippen molar-refractivity contribution in [3.05, 3.63) is 70.6 Å². The Balaban J connectivity index is 1.60. The summed E-state index contributed by atoms with van der Waals surface area (Å²) in [6.07, 6.45) is 3.77. The molecule has 0 saturated carbocycles. The Morgan fingerprint density at radius 2 is 2.10 bits per heavy atom. The topological polar surface area (TPSA) is 133 Å². The van der Waals surface area contributed by atoms with Crippen molar-refractivity contribution in [2.75, 3.05) is 0 Å². The van der Waals surface area contributed by atoms with Gasteiger partial charge in [-0.15, -0.1) is 0 Å². The first-order valence-electron chi connectivity index (χ1n) is 8.79. The lowest BCUT2D eigenvalue weighted by molar-refractivity contribution is 0.375. The normalized spacial score (nSPS) is 11.9. The van der Waals surface area contributed by atoms with Gasteiger partial charge in [0.05, 0.1) is 17.0 Å². The number of rotatable bonds is 7. The van der Waals surface area contributed by atoms with E-state index in [1.54, 1.807) is 24.5 Å². The number of aryl methyl sites for hydroxylation is 1. The minimum Gasteiger partial charge on any atom is -0.408 e. The van der Waals surface area contributed by atoms with E-state index >= 15 is 0 Å². The number of sulfonamides is 1. The second kappa shape index (κ2) is 7.60. The molecule has 0 fully saturated rings. The van der Waals surface area contributed by atoms with Gasteiger partial charge in [0, 0.05) is 31.4 Å². The highest BCUT2D eigenvalue weighted by Gasteiger charge is 2.18. The molecule has 10 nitrogen and oxygen atoms in total. The van der Waals surface area contributed by atoms with Gasteiger partial charge < -0.3 is 8.94 Å². The number of pyridine rings is 1. The molecule has 0 radical (unpaired) electrons. The number of oxazole rings is 1. The van der Waals surface area contributed by atoms with Crippen LogP contribution < -0.4 is 10.5 Å². The van der Waals surface area contributed by atoms with Crippen LogP contribution >= 0.6 is 0 Å². The summed E-state index contributed by atoms with van der Waals surface area (Å²) in [5, 5.41) is 3.82. The number of fused-ring (bicyclic) bond motifs is 1. The summed E-state index contributed by atoms with van der Waals surface area (Å²) < 4.78 is 39.2. The molecule has 0 spiro atoms. The van der Waals surface area contributed by atoms with Gasteiger partial charge in [0.2, 0.25) is 15.9 Å². The van der Waals surface area contributed by atoms with E-state index in [-0.39, 0.29) is 23.6 Å². The lowest BCUT2D eigenvalue weighted by atomic mass is 10.3. The fraction of sp³-hybridized carbons (Fsp3) is 0.222. The fourth-order valence-corrected chi connectivity index (χ4v) is 3.80. The summed E-state index contributed by atoms with van der Waals surface area (Å²) in [7, 11) is -3.80. The Labute approximate surface area is 165 Å². The number of hydrogen-bond acceptors (Lipinski definition) is 8. The van der Waals surface area contributed by atoms with Gasteiger partial charge in [0.1, 0.15) is 0 Å². The Hall–Kier alpha value is -3.31. The molecule has 0 unspecified atom stereocenters. The van der Waals surface area contributed by atoms with Gasteiger partial charge >= 0.3 is 5.76 Å². The molecule has 0 saturated heterocycles. The highest BCUT2D eigenvalue weighted by atomic mass is 32.2. The number of nitrogens with zero attached hydrogens (tertiary/aromatic N) is 4. The molecule has 150 valence electrons. The zero-order chi connectivity index (χ0) is 20.4. The van der Waals surface area contributed by atoms with E-state index in [4.69, 9.17) is 8.94 Å². The molecule has 4 aromatic rings. The maximum absolute atomic E-state index is 12.6. The van der Waals surface area contributed by atoms with Crippen LogP contribution in [-0.2, 0) is 29.5 Å². The largest absolute Gasteiger partial charge is 0.420 e. The molecule has 0 atom stereocenters. The number of aromatic nitrogens is 4. The second-order valence-electron chi connectivity index (χ2n) is 6.23. The molecule has 0 amide bonds. The van der Waals surface area contributed by atoms with Crippen LogP contribution in [0.15, 0.2) is 61.4 Å².